The van der Waals surface area contributed by atoms with Crippen molar-refractivity contribution in [3.05, 3.63) is 0 Å². The van der Waals surface area contributed by atoms with Crippen LogP contribution in [0.1, 0.15) is 46.0 Å². The number of carbonyl (C=O) groups is 1. The molecule has 0 aromatic rings. The highest BCUT2D eigenvalue weighted by molar-refractivity contribution is 6.18. The molecule has 1 atom stereocenters. The van der Waals surface area contributed by atoms with Crippen LogP contribution in [0.15, 0.2) is 0 Å². The molecule has 0 bridgehead atoms. The predicted molar refractivity (Wildman–Crippen MR) is 59.5 cm³/mol. The van der Waals surface area contributed by atoms with Gasteiger partial charge in [-0.15, -0.1) is 11.6 Å². The van der Waals surface area contributed by atoms with Crippen LogP contribution in [0.2, 0.25) is 0 Å². The zero-order valence-electron chi connectivity index (χ0n) is 9.11. The van der Waals surface area contributed by atoms with Gasteiger partial charge >= 0.3 is 0 Å². The third kappa shape index (κ3) is 3.87. The van der Waals surface area contributed by atoms with Crippen LogP contribution in [0.4, 0.5) is 0 Å². The highest BCUT2D eigenvalue weighted by atomic mass is 35.5. The minimum atomic E-state index is 0.0997. The van der Waals surface area contributed by atoms with Gasteiger partial charge in [0.05, 0.1) is 0 Å². The summed E-state index contributed by atoms with van der Waals surface area (Å²) in [5.41, 5.74) is 0.386. The molecule has 1 saturated carbocycles. The van der Waals surface area contributed by atoms with E-state index < -0.39 is 0 Å². The second kappa shape index (κ2) is 5.01. The van der Waals surface area contributed by atoms with Gasteiger partial charge in [0, 0.05) is 18.3 Å². The summed E-state index contributed by atoms with van der Waals surface area (Å²) in [5.74, 6) is 0.518. The quantitative estimate of drug-likeness (QED) is 0.724. The van der Waals surface area contributed by atoms with Gasteiger partial charge in [-0.3, -0.25) is 4.79 Å². The van der Waals surface area contributed by atoms with E-state index in [1.165, 1.54) is 12.8 Å². The minimum Gasteiger partial charge on any atom is -0.353 e. The van der Waals surface area contributed by atoms with Gasteiger partial charge in [0.25, 0.3) is 0 Å². The number of hydrogen-bond acceptors (Lipinski definition) is 1. The Bertz CT molecular complexity index is 203. The number of nitrogens with one attached hydrogen (secondary N) is 1. The van der Waals surface area contributed by atoms with Gasteiger partial charge in [0.15, 0.2) is 0 Å². The maximum absolute atomic E-state index is 11.3. The molecule has 1 unspecified atom stereocenters. The fourth-order valence-corrected chi connectivity index (χ4v) is 2.38. The highest BCUT2D eigenvalue weighted by Gasteiger charge is 2.28. The molecule has 2 nitrogen and oxygen atoms in total. The van der Waals surface area contributed by atoms with Crippen LogP contribution < -0.4 is 5.32 Å². The molecule has 3 heteroatoms. The summed E-state index contributed by atoms with van der Waals surface area (Å²) < 4.78 is 0. The van der Waals surface area contributed by atoms with Crippen LogP contribution in [0.25, 0.3) is 0 Å². The monoisotopic (exact) mass is 217 g/mol. The van der Waals surface area contributed by atoms with E-state index in [0.717, 1.165) is 12.8 Å². The van der Waals surface area contributed by atoms with E-state index in [2.05, 4.69) is 19.2 Å². The maximum Gasteiger partial charge on any atom is 0.221 e. The second-order valence-corrected chi connectivity index (χ2v) is 5.34. The Balaban J connectivity index is 2.34. The fourth-order valence-electron chi connectivity index (χ4n) is 2.21. The number of halogens is 1. The molecule has 1 aliphatic carbocycles. The molecular weight excluding hydrogens is 198 g/mol. The summed E-state index contributed by atoms with van der Waals surface area (Å²) in [6, 6.07) is 0.370. The molecule has 0 aliphatic heterocycles. The molecule has 1 N–H and O–H groups in total. The lowest BCUT2D eigenvalue weighted by atomic mass is 9.75. The molecule has 0 aromatic heterocycles. The third-order valence-electron chi connectivity index (χ3n) is 2.89. The molecule has 14 heavy (non-hydrogen) atoms. The smallest absolute Gasteiger partial charge is 0.221 e. The molecule has 1 aliphatic rings. The van der Waals surface area contributed by atoms with Gasteiger partial charge in [0.1, 0.15) is 0 Å². The molecule has 82 valence electrons. The fraction of sp³-hybridized carbons (Fsp3) is 0.909. The van der Waals surface area contributed by atoms with E-state index in [4.69, 9.17) is 11.6 Å². The first-order chi connectivity index (χ1) is 6.53. The van der Waals surface area contributed by atoms with Crippen LogP contribution >= 0.6 is 11.6 Å². The standard InChI is InChI=1S/C11H20ClNO/c1-11(2)6-3-4-9(8-11)13-10(14)5-7-12/h9H,3-8H2,1-2H3,(H,13,14). The van der Waals surface area contributed by atoms with Gasteiger partial charge in [-0.1, -0.05) is 20.3 Å². The van der Waals surface area contributed by atoms with Gasteiger partial charge in [-0.25, -0.2) is 0 Å². The normalized spacial score (nSPS) is 25.8. The van der Waals surface area contributed by atoms with Crippen molar-refractivity contribution >= 4 is 17.5 Å². The topological polar surface area (TPSA) is 29.1 Å². The zero-order valence-corrected chi connectivity index (χ0v) is 9.86. The van der Waals surface area contributed by atoms with Crippen molar-refractivity contribution in [1.29, 1.82) is 0 Å². The van der Waals surface area contributed by atoms with Crippen LogP contribution in [0, 0.1) is 5.41 Å². The summed E-state index contributed by atoms with van der Waals surface area (Å²) in [7, 11) is 0. The Morgan fingerprint density at radius 3 is 2.86 bits per heavy atom. The van der Waals surface area contributed by atoms with Crippen molar-refractivity contribution in [2.24, 2.45) is 5.41 Å². The highest BCUT2D eigenvalue weighted by Crippen LogP contribution is 2.34. The van der Waals surface area contributed by atoms with Crippen LogP contribution in [-0.4, -0.2) is 17.8 Å². The van der Waals surface area contributed by atoms with Crippen molar-refractivity contribution < 1.29 is 4.79 Å². The Hall–Kier alpha value is -0.240. The number of carbonyl (C=O) groups excluding carboxylic acids is 1. The summed E-state index contributed by atoms with van der Waals surface area (Å²) in [6.45, 7) is 4.54. The molecule has 0 saturated heterocycles. The van der Waals surface area contributed by atoms with Crippen molar-refractivity contribution in [2.75, 3.05) is 5.88 Å². The van der Waals surface area contributed by atoms with Crippen molar-refractivity contribution in [3.63, 3.8) is 0 Å². The lowest BCUT2D eigenvalue weighted by molar-refractivity contribution is -0.121. The van der Waals surface area contributed by atoms with E-state index in [1.54, 1.807) is 0 Å². The summed E-state index contributed by atoms with van der Waals surface area (Å²) in [4.78, 5) is 11.3. The summed E-state index contributed by atoms with van der Waals surface area (Å²) in [5, 5.41) is 3.05. The van der Waals surface area contributed by atoms with E-state index in [9.17, 15) is 4.79 Å². The van der Waals surface area contributed by atoms with Crippen LogP contribution in [0.3, 0.4) is 0 Å². The Morgan fingerprint density at radius 1 is 1.57 bits per heavy atom. The Kier molecular flexibility index (Phi) is 4.24. The van der Waals surface area contributed by atoms with Gasteiger partial charge in [-0.2, -0.15) is 0 Å². The number of alkyl halides is 1. The first-order valence-electron chi connectivity index (χ1n) is 5.39. The van der Waals surface area contributed by atoms with E-state index in [-0.39, 0.29) is 5.91 Å². The second-order valence-electron chi connectivity index (χ2n) is 4.96. The summed E-state index contributed by atoms with van der Waals surface area (Å²) in [6.07, 6.45) is 5.16. The lowest BCUT2D eigenvalue weighted by Gasteiger charge is -2.35. The SMILES string of the molecule is CC1(C)CCCC(NC(=O)CCCl)C1. The van der Waals surface area contributed by atoms with Crippen LogP contribution in [-0.2, 0) is 4.79 Å². The van der Waals surface area contributed by atoms with E-state index in [1.807, 2.05) is 0 Å². The van der Waals surface area contributed by atoms with Crippen molar-refractivity contribution in [2.45, 2.75) is 52.0 Å². The number of rotatable bonds is 3. The molecular formula is C11H20ClNO. The first-order valence-corrected chi connectivity index (χ1v) is 5.92. The third-order valence-corrected chi connectivity index (χ3v) is 3.08. The minimum absolute atomic E-state index is 0.0997. The number of amides is 1. The number of hydrogen-bond donors (Lipinski definition) is 1. The molecule has 0 radical (unpaired) electrons. The summed E-state index contributed by atoms with van der Waals surface area (Å²) >= 11 is 5.51. The molecule has 0 spiro atoms. The molecule has 1 fully saturated rings. The predicted octanol–water partition coefficient (Wildman–Crippen LogP) is 2.70. The van der Waals surface area contributed by atoms with E-state index in [0.29, 0.717) is 23.8 Å². The van der Waals surface area contributed by atoms with Crippen molar-refractivity contribution in [1.82, 2.24) is 5.32 Å². The zero-order chi connectivity index (χ0) is 10.6. The van der Waals surface area contributed by atoms with Crippen LogP contribution in [0.5, 0.6) is 0 Å². The van der Waals surface area contributed by atoms with Gasteiger partial charge in [0.2, 0.25) is 5.91 Å². The van der Waals surface area contributed by atoms with E-state index >= 15 is 0 Å². The average Bonchev–Trinajstić information content (AvgIpc) is 2.02. The largest absolute Gasteiger partial charge is 0.353 e. The molecule has 1 amide bonds. The average molecular weight is 218 g/mol. The lowest BCUT2D eigenvalue weighted by Crippen LogP contribution is -2.40. The van der Waals surface area contributed by atoms with Gasteiger partial charge in [-0.05, 0) is 24.7 Å². The first kappa shape index (κ1) is 11.8. The molecule has 0 heterocycles. The maximum atomic E-state index is 11.3. The molecule has 0 aromatic carbocycles. The molecule has 1 rings (SSSR count). The Labute approximate surface area is 91.4 Å². The Morgan fingerprint density at radius 2 is 2.29 bits per heavy atom. The van der Waals surface area contributed by atoms with Gasteiger partial charge < -0.3 is 5.32 Å². The van der Waals surface area contributed by atoms with Crippen molar-refractivity contribution in [3.8, 4) is 0 Å².